The average molecular weight is 869 g/mol. The lowest BCUT2D eigenvalue weighted by atomic mass is 9.92. The summed E-state index contributed by atoms with van der Waals surface area (Å²) >= 11 is 11.4. The maximum absolute atomic E-state index is 13.7. The van der Waals surface area contributed by atoms with E-state index in [0.29, 0.717) is 85.6 Å². The first-order valence-electron chi connectivity index (χ1n) is 20.5. The summed E-state index contributed by atoms with van der Waals surface area (Å²) in [6.07, 6.45) is 10.6. The largest absolute Gasteiger partial charge is 0.490 e. The number of Topliss-reactive ketones (excluding diaryl/α,β-unsaturated/α-hetero) is 1. The van der Waals surface area contributed by atoms with E-state index in [1.54, 1.807) is 68.0 Å². The zero-order valence-corrected chi connectivity index (χ0v) is 35.0. The van der Waals surface area contributed by atoms with E-state index in [1.165, 1.54) is 30.5 Å². The summed E-state index contributed by atoms with van der Waals surface area (Å²) in [5.41, 5.74) is 7.46. The van der Waals surface area contributed by atoms with Crippen molar-refractivity contribution in [3.05, 3.63) is 125 Å². The summed E-state index contributed by atoms with van der Waals surface area (Å²) in [5, 5.41) is 11.7. The van der Waals surface area contributed by atoms with Gasteiger partial charge in [0.15, 0.2) is 0 Å². The van der Waals surface area contributed by atoms with Crippen LogP contribution in [0, 0.1) is 59.0 Å². The molecule has 0 amide bonds. The number of ether oxygens (including phenoxy) is 2. The van der Waals surface area contributed by atoms with E-state index in [0.717, 1.165) is 36.9 Å². The Balaban J connectivity index is 0.000000146. The standard InChI is InChI=1S/C24H22ClFN2O2.C18H18FNO3.C5H5ClN2/c1-13(22(29)9-16-4-2-14(25)12-28-16)24-18-10-17(11-19(18)24)30-23-6-7-27-21-5-3-15(26)8-20(21)23;1-9(18(21)22)17-12-7-11(8-13(12)17)23-16-4-5-20-15-3-2-10(19)6-14(15)16;6-4-1-2-5(7)8-3-4/h2-8,12-13,17-19,24H,9-11H2,1H3;2-6,9,11-13,17H,7-8H2,1H3,(H,21,22);1-3H,(H2,7,8)/t13?,17?,18-,19+,24?;9?,11?,12-,13+,17?;. The first-order chi connectivity index (χ1) is 29.3. The predicted octanol–water partition coefficient (Wildman–Crippen LogP) is 10.1. The lowest BCUT2D eigenvalue weighted by molar-refractivity contribution is -0.142. The van der Waals surface area contributed by atoms with Crippen LogP contribution in [0.2, 0.25) is 10.0 Å². The van der Waals surface area contributed by atoms with Gasteiger partial charge in [0, 0.05) is 53.6 Å². The topological polar surface area (TPSA) is 150 Å². The number of aromatic nitrogens is 4. The Morgan fingerprint density at radius 3 is 1.59 bits per heavy atom. The van der Waals surface area contributed by atoms with Crippen LogP contribution < -0.4 is 15.2 Å². The second kappa shape index (κ2) is 17.9. The molecule has 6 unspecified atom stereocenters. The van der Waals surface area contributed by atoms with Crippen molar-refractivity contribution in [3.8, 4) is 11.5 Å². The average Bonchev–Trinajstić information content (AvgIpc) is 3.97. The maximum atomic E-state index is 13.7. The van der Waals surface area contributed by atoms with Crippen molar-refractivity contribution in [2.45, 2.75) is 58.2 Å². The number of halogens is 4. The molecule has 0 bridgehead atoms. The number of carbonyl (C=O) groups is 2. The first-order valence-corrected chi connectivity index (χ1v) is 21.2. The molecule has 4 heterocycles. The molecule has 4 aliphatic rings. The Morgan fingerprint density at radius 2 is 1.16 bits per heavy atom. The molecular weight excluding hydrogens is 823 g/mol. The summed E-state index contributed by atoms with van der Waals surface area (Å²) in [6.45, 7) is 3.83. The highest BCUT2D eigenvalue weighted by Gasteiger charge is 2.60. The Morgan fingerprint density at radius 1 is 0.689 bits per heavy atom. The quantitative estimate of drug-likeness (QED) is 0.136. The second-order valence-corrected chi connectivity index (χ2v) is 17.5. The molecular formula is C47H45Cl2F2N5O5. The van der Waals surface area contributed by atoms with Gasteiger partial charge in [0.1, 0.15) is 34.7 Å². The third kappa shape index (κ3) is 9.71. The fourth-order valence-corrected chi connectivity index (χ4v) is 9.95. The third-order valence-electron chi connectivity index (χ3n) is 12.8. The van der Waals surface area contributed by atoms with Gasteiger partial charge in [0.05, 0.1) is 39.2 Å². The number of aliphatic carboxylic acids is 1. The number of anilines is 1. The van der Waals surface area contributed by atoms with Crippen LogP contribution in [0.5, 0.6) is 11.5 Å². The molecule has 10 rings (SSSR count). The number of carbonyl (C=O) groups excluding carboxylic acids is 1. The molecule has 4 aliphatic carbocycles. The number of rotatable bonds is 10. The summed E-state index contributed by atoms with van der Waals surface area (Å²) in [4.78, 5) is 40.3. The Kier molecular flexibility index (Phi) is 12.4. The summed E-state index contributed by atoms with van der Waals surface area (Å²) in [6, 6.07) is 19.5. The smallest absolute Gasteiger partial charge is 0.306 e. The molecule has 61 heavy (non-hydrogen) atoms. The van der Waals surface area contributed by atoms with Crippen molar-refractivity contribution >= 4 is 62.6 Å². The highest BCUT2D eigenvalue weighted by molar-refractivity contribution is 6.30. The van der Waals surface area contributed by atoms with Crippen LogP contribution in [0.3, 0.4) is 0 Å². The van der Waals surface area contributed by atoms with E-state index < -0.39 is 5.97 Å². The van der Waals surface area contributed by atoms with Gasteiger partial charge in [-0.2, -0.15) is 0 Å². The molecule has 0 saturated heterocycles. The minimum atomic E-state index is -0.711. The van der Waals surface area contributed by atoms with Crippen molar-refractivity contribution in [2.24, 2.45) is 47.3 Å². The lowest BCUT2D eigenvalue weighted by Crippen LogP contribution is -2.22. The normalized spacial score (nSPS) is 25.1. The number of hydrogen-bond donors (Lipinski definition) is 2. The van der Waals surface area contributed by atoms with Crippen LogP contribution in [0.1, 0.15) is 45.2 Å². The monoisotopic (exact) mass is 867 g/mol. The molecule has 10 nitrogen and oxygen atoms in total. The van der Waals surface area contributed by atoms with Gasteiger partial charge in [-0.25, -0.2) is 13.8 Å². The van der Waals surface area contributed by atoms with Crippen molar-refractivity contribution in [1.82, 2.24) is 19.9 Å². The number of nitrogens with two attached hydrogens (primary N) is 1. The predicted molar refractivity (Wildman–Crippen MR) is 229 cm³/mol. The van der Waals surface area contributed by atoms with Crippen molar-refractivity contribution in [3.63, 3.8) is 0 Å². The molecule has 6 aromatic rings. The van der Waals surface area contributed by atoms with Gasteiger partial charge in [0.2, 0.25) is 0 Å². The van der Waals surface area contributed by atoms with Gasteiger partial charge in [-0.05, 0) is 134 Å². The summed E-state index contributed by atoms with van der Waals surface area (Å²) in [7, 11) is 0. The molecule has 10 atom stereocenters. The molecule has 4 saturated carbocycles. The fourth-order valence-electron chi connectivity index (χ4n) is 9.73. The summed E-state index contributed by atoms with van der Waals surface area (Å²) < 4.78 is 39.4. The number of nitrogens with zero attached hydrogens (tertiary/aromatic N) is 4. The maximum Gasteiger partial charge on any atom is 0.306 e. The second-order valence-electron chi connectivity index (χ2n) is 16.6. The molecule has 14 heteroatoms. The first kappa shape index (κ1) is 42.2. The van der Waals surface area contributed by atoms with Gasteiger partial charge < -0.3 is 20.3 Å². The van der Waals surface area contributed by atoms with E-state index in [2.05, 4.69) is 19.9 Å². The number of hydrogen-bond acceptors (Lipinski definition) is 9. The van der Waals surface area contributed by atoms with Crippen LogP contribution in [-0.4, -0.2) is 49.0 Å². The van der Waals surface area contributed by atoms with Gasteiger partial charge in [-0.1, -0.05) is 37.0 Å². The minimum absolute atomic E-state index is 0.0225. The Labute approximate surface area is 361 Å². The molecule has 3 N–H and O–H groups in total. The number of fused-ring (bicyclic) bond motifs is 4. The molecule has 316 valence electrons. The molecule has 4 fully saturated rings. The van der Waals surface area contributed by atoms with Crippen molar-refractivity contribution in [2.75, 3.05) is 5.73 Å². The number of nitrogen functional groups attached to an aromatic ring is 1. The van der Waals surface area contributed by atoms with Crippen LogP contribution in [0.4, 0.5) is 14.6 Å². The Bertz CT molecular complexity index is 2510. The van der Waals surface area contributed by atoms with E-state index >= 15 is 0 Å². The van der Waals surface area contributed by atoms with E-state index in [-0.39, 0.29) is 41.5 Å². The van der Waals surface area contributed by atoms with E-state index in [1.807, 2.05) is 13.0 Å². The molecule has 0 radical (unpaired) electrons. The van der Waals surface area contributed by atoms with Crippen molar-refractivity contribution < 1.29 is 33.0 Å². The SMILES string of the molecule is CC(C(=O)Cc1ccc(Cl)cn1)C1[C@H]2CC(Oc3ccnc4ccc(F)cc34)C[C@@H]12.CC(C(=O)O)C1[C@H]2CC(Oc3ccnc4ccc(F)cc34)C[C@@H]12.Nc1ccc(Cl)cn1. The minimum Gasteiger partial charge on any atom is -0.490 e. The molecule has 2 aromatic carbocycles. The van der Waals surface area contributed by atoms with E-state index in [9.17, 15) is 18.4 Å². The molecule has 0 spiro atoms. The van der Waals surface area contributed by atoms with Gasteiger partial charge in [0.25, 0.3) is 0 Å². The van der Waals surface area contributed by atoms with Crippen LogP contribution in [0.15, 0.2) is 97.6 Å². The van der Waals surface area contributed by atoms with Gasteiger partial charge >= 0.3 is 5.97 Å². The lowest BCUT2D eigenvalue weighted by Gasteiger charge is -2.20. The highest BCUT2D eigenvalue weighted by Crippen LogP contribution is 2.62. The van der Waals surface area contributed by atoms with Gasteiger partial charge in [-0.15, -0.1) is 0 Å². The Hall–Kier alpha value is -5.46. The highest BCUT2D eigenvalue weighted by atomic mass is 35.5. The fraction of sp³-hybridized carbons (Fsp3) is 0.362. The number of benzene rings is 2. The summed E-state index contributed by atoms with van der Waals surface area (Å²) in [5.74, 6) is 3.18. The zero-order valence-electron chi connectivity index (χ0n) is 33.5. The van der Waals surface area contributed by atoms with Crippen molar-refractivity contribution in [1.29, 1.82) is 0 Å². The molecule has 4 aromatic heterocycles. The number of carboxylic acids is 1. The van der Waals surface area contributed by atoms with Crippen LogP contribution >= 0.6 is 23.2 Å². The third-order valence-corrected chi connectivity index (χ3v) is 13.2. The molecule has 0 aliphatic heterocycles. The number of carboxylic acid groups (broad SMARTS) is 1. The van der Waals surface area contributed by atoms with E-state index in [4.69, 9.17) is 43.5 Å². The van der Waals surface area contributed by atoms with Crippen LogP contribution in [-0.2, 0) is 16.0 Å². The van der Waals surface area contributed by atoms with Crippen LogP contribution in [0.25, 0.3) is 21.8 Å². The number of ketones is 1. The van der Waals surface area contributed by atoms with Gasteiger partial charge in [-0.3, -0.25) is 24.5 Å². The zero-order chi connectivity index (χ0) is 42.9. The number of pyridine rings is 4.